The fourth-order valence-corrected chi connectivity index (χ4v) is 3.17. The minimum atomic E-state index is -1.16. The van der Waals surface area contributed by atoms with Crippen LogP contribution >= 0.6 is 11.8 Å². The van der Waals surface area contributed by atoms with Crippen molar-refractivity contribution in [3.05, 3.63) is 35.7 Å². The maximum Gasteiger partial charge on any atom is 0.320 e. The van der Waals surface area contributed by atoms with E-state index < -0.39 is 17.9 Å². The molecular formula is C15H15FO4S. The third-order valence-corrected chi connectivity index (χ3v) is 4.34. The molecule has 2 rings (SSSR count). The van der Waals surface area contributed by atoms with Crippen molar-refractivity contribution in [3.8, 4) is 0 Å². The van der Waals surface area contributed by atoms with Gasteiger partial charge in [0.1, 0.15) is 5.83 Å². The molecule has 0 amide bonds. The quantitative estimate of drug-likeness (QED) is 0.632. The topological polar surface area (TPSA) is 52.6 Å². The van der Waals surface area contributed by atoms with Gasteiger partial charge in [0, 0.05) is 4.90 Å². The van der Waals surface area contributed by atoms with Crippen molar-refractivity contribution >= 4 is 29.3 Å². The van der Waals surface area contributed by atoms with E-state index in [1.807, 2.05) is 12.1 Å². The molecule has 1 heterocycles. The monoisotopic (exact) mass is 310 g/mol. The maximum absolute atomic E-state index is 14.2. The first-order valence-corrected chi connectivity index (χ1v) is 7.32. The Labute approximate surface area is 126 Å². The molecule has 1 aromatic carbocycles. The molecule has 21 heavy (non-hydrogen) atoms. The minimum absolute atomic E-state index is 0.0667. The fraction of sp³-hybridized carbons (Fsp3) is 0.333. The fourth-order valence-electron chi connectivity index (χ4n) is 2.19. The van der Waals surface area contributed by atoms with Crippen LogP contribution < -0.4 is 0 Å². The number of hydrogen-bond donors (Lipinski definition) is 0. The Hall–Kier alpha value is -1.82. The van der Waals surface area contributed by atoms with Crippen LogP contribution in [0, 0.1) is 5.92 Å². The third-order valence-electron chi connectivity index (χ3n) is 3.27. The number of methoxy groups -OCH3 is 2. The number of benzene rings is 1. The van der Waals surface area contributed by atoms with Crippen LogP contribution in [0.1, 0.15) is 12.0 Å². The molecule has 1 aromatic rings. The zero-order valence-electron chi connectivity index (χ0n) is 11.7. The van der Waals surface area contributed by atoms with Crippen LogP contribution in [-0.4, -0.2) is 31.9 Å². The zero-order chi connectivity index (χ0) is 15.4. The van der Waals surface area contributed by atoms with E-state index in [-0.39, 0.29) is 18.0 Å². The van der Waals surface area contributed by atoms with Crippen LogP contribution in [0.25, 0.3) is 5.57 Å². The van der Waals surface area contributed by atoms with Gasteiger partial charge in [-0.2, -0.15) is 0 Å². The number of esters is 2. The van der Waals surface area contributed by atoms with Crippen LogP contribution in [-0.2, 0) is 19.1 Å². The molecule has 0 saturated heterocycles. The largest absolute Gasteiger partial charge is 0.468 e. The van der Waals surface area contributed by atoms with Crippen LogP contribution in [0.3, 0.4) is 0 Å². The number of carbonyl (C=O) groups is 2. The standard InChI is InChI=1S/C15H15FO4S/c1-19-14(17)11(15(18)20-2)7-10-9-5-3-4-6-13(9)21-8-12(10)16/h3-6,11H,7-8H2,1-2H3. The molecule has 0 saturated carbocycles. The lowest BCUT2D eigenvalue weighted by Crippen LogP contribution is -2.27. The van der Waals surface area contributed by atoms with Gasteiger partial charge in [-0.25, -0.2) is 4.39 Å². The van der Waals surface area contributed by atoms with Crippen LogP contribution in [0.5, 0.6) is 0 Å². The summed E-state index contributed by atoms with van der Waals surface area (Å²) in [7, 11) is 2.38. The average molecular weight is 310 g/mol. The number of ether oxygens (including phenoxy) is 2. The lowest BCUT2D eigenvalue weighted by atomic mass is 9.93. The number of rotatable bonds is 4. The first kappa shape index (κ1) is 15.6. The Balaban J connectivity index is 2.35. The number of thioether (sulfide) groups is 1. The van der Waals surface area contributed by atoms with E-state index in [4.69, 9.17) is 0 Å². The lowest BCUT2D eigenvalue weighted by Gasteiger charge is -2.21. The van der Waals surface area contributed by atoms with E-state index in [0.29, 0.717) is 11.1 Å². The minimum Gasteiger partial charge on any atom is -0.468 e. The van der Waals surface area contributed by atoms with Gasteiger partial charge in [0.15, 0.2) is 5.92 Å². The average Bonchev–Trinajstić information content (AvgIpc) is 2.52. The van der Waals surface area contributed by atoms with Gasteiger partial charge in [-0.1, -0.05) is 18.2 Å². The van der Waals surface area contributed by atoms with Crippen molar-refractivity contribution < 1.29 is 23.5 Å². The summed E-state index contributed by atoms with van der Waals surface area (Å²) in [4.78, 5) is 24.4. The first-order chi connectivity index (χ1) is 10.1. The molecule has 0 aromatic heterocycles. The molecular weight excluding hydrogens is 295 g/mol. The van der Waals surface area contributed by atoms with Crippen molar-refractivity contribution in [3.63, 3.8) is 0 Å². The Bertz CT molecular complexity index is 581. The number of fused-ring (bicyclic) bond motifs is 1. The molecule has 0 aliphatic carbocycles. The van der Waals surface area contributed by atoms with Gasteiger partial charge in [0.25, 0.3) is 0 Å². The Morgan fingerprint density at radius 1 is 1.24 bits per heavy atom. The highest BCUT2D eigenvalue weighted by Crippen LogP contribution is 2.40. The maximum atomic E-state index is 14.2. The third kappa shape index (κ3) is 3.26. The Morgan fingerprint density at radius 2 is 1.86 bits per heavy atom. The van der Waals surface area contributed by atoms with E-state index in [9.17, 15) is 14.0 Å². The van der Waals surface area contributed by atoms with Gasteiger partial charge in [0.2, 0.25) is 0 Å². The summed E-state index contributed by atoms with van der Waals surface area (Å²) in [5, 5.41) is 0. The van der Waals surface area contributed by atoms with Crippen molar-refractivity contribution in [2.24, 2.45) is 5.92 Å². The smallest absolute Gasteiger partial charge is 0.320 e. The summed E-state index contributed by atoms with van der Waals surface area (Å²) in [5.74, 6) is -2.73. The van der Waals surface area contributed by atoms with E-state index in [0.717, 1.165) is 4.90 Å². The predicted octanol–water partition coefficient (Wildman–Crippen LogP) is 2.83. The molecule has 0 radical (unpaired) electrons. The van der Waals surface area contributed by atoms with E-state index in [1.165, 1.54) is 26.0 Å². The number of halogens is 1. The highest BCUT2D eigenvalue weighted by Gasteiger charge is 2.32. The summed E-state index contributed by atoms with van der Waals surface area (Å²) >= 11 is 1.39. The van der Waals surface area contributed by atoms with Crippen LogP contribution in [0.4, 0.5) is 4.39 Å². The van der Waals surface area contributed by atoms with Gasteiger partial charge in [-0.3, -0.25) is 9.59 Å². The van der Waals surface area contributed by atoms with Gasteiger partial charge in [-0.15, -0.1) is 11.8 Å². The molecule has 1 aliphatic rings. The molecule has 4 nitrogen and oxygen atoms in total. The number of allylic oxidation sites excluding steroid dienone is 1. The summed E-state index contributed by atoms with van der Waals surface area (Å²) in [5.41, 5.74) is 1.08. The molecule has 0 unspecified atom stereocenters. The van der Waals surface area contributed by atoms with Gasteiger partial charge in [0.05, 0.1) is 20.0 Å². The summed E-state index contributed by atoms with van der Waals surface area (Å²) in [6, 6.07) is 7.33. The lowest BCUT2D eigenvalue weighted by molar-refractivity contribution is -0.158. The van der Waals surface area contributed by atoms with E-state index in [1.54, 1.807) is 12.1 Å². The van der Waals surface area contributed by atoms with Crippen molar-refractivity contribution in [2.75, 3.05) is 20.0 Å². The molecule has 6 heteroatoms. The molecule has 0 fully saturated rings. The second-order valence-electron chi connectivity index (χ2n) is 4.47. The Morgan fingerprint density at radius 3 is 2.48 bits per heavy atom. The SMILES string of the molecule is COC(=O)C(CC1=C(F)CSc2ccccc21)C(=O)OC. The van der Waals surface area contributed by atoms with Gasteiger partial charge in [-0.05, 0) is 23.6 Å². The van der Waals surface area contributed by atoms with Crippen LogP contribution in [0.15, 0.2) is 35.0 Å². The summed E-state index contributed by atoms with van der Waals surface area (Å²) < 4.78 is 23.4. The zero-order valence-corrected chi connectivity index (χ0v) is 12.5. The van der Waals surface area contributed by atoms with Gasteiger partial charge >= 0.3 is 11.9 Å². The second-order valence-corrected chi connectivity index (χ2v) is 5.49. The highest BCUT2D eigenvalue weighted by atomic mass is 32.2. The second kappa shape index (κ2) is 6.76. The molecule has 0 atom stereocenters. The van der Waals surface area contributed by atoms with Crippen LogP contribution in [0.2, 0.25) is 0 Å². The Kier molecular flexibility index (Phi) is 5.01. The van der Waals surface area contributed by atoms with E-state index >= 15 is 0 Å². The number of carbonyl (C=O) groups excluding carboxylic acids is 2. The van der Waals surface area contributed by atoms with Gasteiger partial charge < -0.3 is 9.47 Å². The highest BCUT2D eigenvalue weighted by molar-refractivity contribution is 7.99. The predicted molar refractivity (Wildman–Crippen MR) is 77.3 cm³/mol. The number of hydrogen-bond acceptors (Lipinski definition) is 5. The molecule has 0 bridgehead atoms. The normalized spacial score (nSPS) is 13.9. The molecule has 1 aliphatic heterocycles. The summed E-state index contributed by atoms with van der Waals surface area (Å²) in [6.07, 6.45) is -0.0667. The van der Waals surface area contributed by atoms with E-state index in [2.05, 4.69) is 9.47 Å². The van der Waals surface area contributed by atoms with Crippen molar-refractivity contribution in [1.29, 1.82) is 0 Å². The molecule has 112 valence electrons. The first-order valence-electron chi connectivity index (χ1n) is 6.33. The van der Waals surface area contributed by atoms with Crippen molar-refractivity contribution in [1.82, 2.24) is 0 Å². The molecule has 0 N–H and O–H groups in total. The van der Waals surface area contributed by atoms with Crippen molar-refractivity contribution in [2.45, 2.75) is 11.3 Å². The molecule has 0 spiro atoms. The summed E-state index contributed by atoms with van der Waals surface area (Å²) in [6.45, 7) is 0.